The molecule has 0 aliphatic heterocycles. The smallest absolute Gasteiger partial charge is 0.459 e. The Hall–Kier alpha value is -3.50. The molecule has 0 saturated heterocycles. The van der Waals surface area contributed by atoms with Gasteiger partial charge in [-0.25, -0.2) is 14.5 Å². The quantitative estimate of drug-likeness (QED) is 0.160. The van der Waals surface area contributed by atoms with Crippen LogP contribution in [0, 0.1) is 0 Å². The van der Waals surface area contributed by atoms with Crippen LogP contribution in [0.15, 0.2) is 54.6 Å². The number of benzene rings is 2. The van der Waals surface area contributed by atoms with Gasteiger partial charge in [-0.05, 0) is 59.7 Å². The molecule has 41 heavy (non-hydrogen) atoms. The summed E-state index contributed by atoms with van der Waals surface area (Å²) in [4.78, 5) is 22.0. The van der Waals surface area contributed by atoms with Crippen LogP contribution in [0.25, 0.3) is 21.9 Å². The fraction of sp³-hybridized carbons (Fsp3) is 0.414. The van der Waals surface area contributed by atoms with Gasteiger partial charge in [0.2, 0.25) is 0 Å². The largest absolute Gasteiger partial charge is 0.459 e. The van der Waals surface area contributed by atoms with Gasteiger partial charge in [0.1, 0.15) is 35.3 Å². The van der Waals surface area contributed by atoms with E-state index >= 15 is 0 Å². The normalized spacial score (nSPS) is 15.0. The van der Waals surface area contributed by atoms with Crippen LogP contribution in [0.1, 0.15) is 47.4 Å². The average molecular weight is 584 g/mol. The van der Waals surface area contributed by atoms with Gasteiger partial charge in [0.05, 0.1) is 23.7 Å². The fourth-order valence-electron chi connectivity index (χ4n) is 4.31. The third-order valence-corrected chi connectivity index (χ3v) is 7.76. The first-order chi connectivity index (χ1) is 19.4. The molecule has 0 amide bonds. The Bertz CT molecular complexity index is 1550. The van der Waals surface area contributed by atoms with Gasteiger partial charge in [-0.3, -0.25) is 9.32 Å². The number of nitrogens with one attached hydrogen (secondary N) is 1. The number of nitrogens with zero attached hydrogens (tertiary/aromatic N) is 3. The maximum Gasteiger partial charge on any atom is 0.459 e. The molecule has 2 heterocycles. The zero-order valence-electron chi connectivity index (χ0n) is 24.3. The van der Waals surface area contributed by atoms with E-state index in [4.69, 9.17) is 29.2 Å². The second-order valence-electron chi connectivity index (χ2n) is 10.7. The van der Waals surface area contributed by atoms with Gasteiger partial charge in [-0.2, -0.15) is 5.09 Å². The van der Waals surface area contributed by atoms with E-state index in [2.05, 4.69) is 10.1 Å². The molecule has 4 aromatic rings. The molecule has 11 nitrogen and oxygen atoms in total. The lowest BCUT2D eigenvalue weighted by molar-refractivity contribution is -0.156. The lowest BCUT2D eigenvalue weighted by Crippen LogP contribution is -2.39. The number of anilines is 1. The highest BCUT2D eigenvalue weighted by Gasteiger charge is 2.35. The van der Waals surface area contributed by atoms with Crippen molar-refractivity contribution in [2.24, 2.45) is 0 Å². The molecule has 0 fully saturated rings. The van der Waals surface area contributed by atoms with Gasteiger partial charge in [-0.1, -0.05) is 36.4 Å². The highest BCUT2D eigenvalue weighted by Crippen LogP contribution is 2.46. The third kappa shape index (κ3) is 7.62. The molecule has 220 valence electrons. The van der Waals surface area contributed by atoms with Crippen molar-refractivity contribution in [3.05, 3.63) is 60.4 Å². The Labute approximate surface area is 239 Å². The number of carbonyl (C=O) groups is 1. The zero-order chi connectivity index (χ0) is 29.8. The summed E-state index contributed by atoms with van der Waals surface area (Å²) in [6, 6.07) is 15.3. The van der Waals surface area contributed by atoms with Crippen molar-refractivity contribution in [1.29, 1.82) is 0 Å². The number of para-hydroxylation sites is 2. The Morgan fingerprint density at radius 2 is 1.76 bits per heavy atom. The summed E-state index contributed by atoms with van der Waals surface area (Å²) in [7, 11) is -4.10. The number of carbonyl (C=O) groups excluding carboxylic acids is 1. The van der Waals surface area contributed by atoms with Crippen molar-refractivity contribution in [1.82, 2.24) is 19.6 Å². The first-order valence-corrected chi connectivity index (χ1v) is 15.1. The minimum absolute atomic E-state index is 0.233. The minimum atomic E-state index is -4.10. The Balaban J connectivity index is 1.68. The molecular formula is C29H38N5O6P. The summed E-state index contributed by atoms with van der Waals surface area (Å²) in [5.74, 6) is 0.660. The molecule has 3 atom stereocenters. The van der Waals surface area contributed by atoms with Crippen molar-refractivity contribution in [2.45, 2.75) is 72.4 Å². The average Bonchev–Trinajstić information content (AvgIpc) is 3.25. The second kappa shape index (κ2) is 12.6. The van der Waals surface area contributed by atoms with Gasteiger partial charge in [-0.15, -0.1) is 0 Å². The lowest BCUT2D eigenvalue weighted by atomic mass is 10.2. The molecule has 2 aromatic carbocycles. The molecule has 3 N–H and O–H groups in total. The number of esters is 1. The number of hydrogen-bond donors (Lipinski definition) is 2. The molecule has 2 aromatic heterocycles. The predicted octanol–water partition coefficient (Wildman–Crippen LogP) is 5.62. The summed E-state index contributed by atoms with van der Waals surface area (Å²) >= 11 is 0. The van der Waals surface area contributed by atoms with Gasteiger partial charge in [0, 0.05) is 12.0 Å². The van der Waals surface area contributed by atoms with Gasteiger partial charge >= 0.3 is 13.7 Å². The van der Waals surface area contributed by atoms with Crippen molar-refractivity contribution >= 4 is 41.5 Å². The third-order valence-electron chi connectivity index (χ3n) is 5.96. The second-order valence-corrected chi connectivity index (χ2v) is 12.3. The number of pyridine rings is 1. The van der Waals surface area contributed by atoms with Gasteiger partial charge in [0.15, 0.2) is 5.82 Å². The number of hydrogen-bond acceptors (Lipinski definition) is 9. The molecule has 12 heteroatoms. The van der Waals surface area contributed by atoms with E-state index < -0.39 is 31.5 Å². The Kier molecular flexibility index (Phi) is 9.34. The summed E-state index contributed by atoms with van der Waals surface area (Å²) in [6.07, 6.45) is -0.672. The van der Waals surface area contributed by atoms with Crippen molar-refractivity contribution in [3.8, 4) is 5.75 Å². The highest BCUT2D eigenvalue weighted by molar-refractivity contribution is 7.52. The van der Waals surface area contributed by atoms with E-state index in [1.807, 2.05) is 41.8 Å². The van der Waals surface area contributed by atoms with Crippen LogP contribution in [-0.2, 0) is 36.5 Å². The Morgan fingerprint density at radius 3 is 2.44 bits per heavy atom. The lowest BCUT2D eigenvalue weighted by Gasteiger charge is -2.28. The van der Waals surface area contributed by atoms with E-state index in [9.17, 15) is 9.36 Å². The summed E-state index contributed by atoms with van der Waals surface area (Å²) in [6.45, 7) is 11.5. The summed E-state index contributed by atoms with van der Waals surface area (Å²) < 4.78 is 39.2. The van der Waals surface area contributed by atoms with E-state index in [0.29, 0.717) is 29.5 Å². The molecule has 0 radical (unpaired) electrons. The van der Waals surface area contributed by atoms with Crippen molar-refractivity contribution < 1.29 is 27.9 Å². The fourth-order valence-corrected chi connectivity index (χ4v) is 5.99. The molecule has 0 saturated carbocycles. The van der Waals surface area contributed by atoms with Crippen molar-refractivity contribution in [2.75, 3.05) is 12.3 Å². The number of nitrogens with two attached hydrogens (primary N) is 1. The van der Waals surface area contributed by atoms with E-state index in [-0.39, 0.29) is 13.2 Å². The molecule has 0 aliphatic carbocycles. The van der Waals surface area contributed by atoms with Gasteiger partial charge in [0.25, 0.3) is 0 Å². The topological polar surface area (TPSA) is 140 Å². The first kappa shape index (κ1) is 30.5. The Morgan fingerprint density at radius 1 is 1.07 bits per heavy atom. The number of nitrogen functional groups attached to an aromatic ring is 1. The van der Waals surface area contributed by atoms with Crippen LogP contribution in [-0.4, -0.2) is 44.9 Å². The number of aromatic nitrogens is 3. The highest BCUT2D eigenvalue weighted by atomic mass is 31.2. The number of imidazole rings is 1. The molecule has 4 rings (SSSR count). The molecule has 0 unspecified atom stereocenters. The summed E-state index contributed by atoms with van der Waals surface area (Å²) in [5.41, 5.74) is 7.62. The number of fused-ring (bicyclic) bond motifs is 3. The standard InChI is InChI=1S/C29H38N5O6P/c1-7-37-18-24-32-25-26(22-15-11-12-16-23(22)31-27(25)30)34(24)17-19(2)39-41(36,40-21-13-9-8-10-14-21)33-20(3)28(35)38-29(4,5)6/h8-16,19-20H,7,17-18H2,1-6H3,(H2,30,31)(H,33,36)/t19-,20+,41+/m1/s1. The zero-order valence-corrected chi connectivity index (χ0v) is 25.2. The predicted molar refractivity (Wildman–Crippen MR) is 158 cm³/mol. The molecular weight excluding hydrogens is 545 g/mol. The van der Waals surface area contributed by atoms with Crippen LogP contribution in [0.4, 0.5) is 5.82 Å². The first-order valence-electron chi connectivity index (χ1n) is 13.5. The SMILES string of the molecule is CCOCc1nc2c(N)nc3ccccc3c2n1C[C@@H](C)O[P@@](=O)(N[C@@H](C)C(=O)OC(C)(C)C)Oc1ccccc1. The summed E-state index contributed by atoms with van der Waals surface area (Å²) in [5, 5.41) is 3.62. The van der Waals surface area contributed by atoms with E-state index in [1.54, 1.807) is 58.9 Å². The minimum Gasteiger partial charge on any atom is -0.459 e. The van der Waals surface area contributed by atoms with Crippen molar-refractivity contribution in [3.63, 3.8) is 0 Å². The van der Waals surface area contributed by atoms with E-state index in [0.717, 1.165) is 16.4 Å². The molecule has 0 aliphatic rings. The van der Waals surface area contributed by atoms with Crippen LogP contribution in [0.5, 0.6) is 5.75 Å². The maximum atomic E-state index is 14.1. The van der Waals surface area contributed by atoms with Crippen LogP contribution in [0.3, 0.4) is 0 Å². The molecule has 0 bridgehead atoms. The number of rotatable bonds is 12. The maximum absolute atomic E-state index is 14.1. The number of ether oxygens (including phenoxy) is 2. The van der Waals surface area contributed by atoms with E-state index in [1.165, 1.54) is 0 Å². The van der Waals surface area contributed by atoms with Crippen LogP contribution >= 0.6 is 7.75 Å². The van der Waals surface area contributed by atoms with Crippen LogP contribution < -0.4 is 15.3 Å². The van der Waals surface area contributed by atoms with Crippen LogP contribution in [0.2, 0.25) is 0 Å². The monoisotopic (exact) mass is 583 g/mol. The van der Waals surface area contributed by atoms with Gasteiger partial charge < -0.3 is 24.3 Å². The molecule has 0 spiro atoms.